The number of hydrogen-bond donors (Lipinski definition) is 1. The third kappa shape index (κ3) is 5.98. The van der Waals surface area contributed by atoms with Gasteiger partial charge in [0, 0.05) is 48.7 Å². The van der Waals surface area contributed by atoms with Crippen LogP contribution in [0.4, 0.5) is 13.2 Å². The summed E-state index contributed by atoms with van der Waals surface area (Å²) in [5.74, 6) is -0.674. The zero-order chi connectivity index (χ0) is 29.4. The number of ether oxygens (including phenoxy) is 1. The van der Waals surface area contributed by atoms with Crippen molar-refractivity contribution in [3.8, 4) is 11.3 Å². The first kappa shape index (κ1) is 29.5. The fourth-order valence-electron chi connectivity index (χ4n) is 6.55. The molecule has 7 nitrogen and oxygen atoms in total. The number of halogens is 3. The number of benzene rings is 2. The molecule has 0 atom stereocenters. The average molecular weight is 591 g/mol. The lowest BCUT2D eigenvalue weighted by molar-refractivity contribution is -0.968. The molecule has 5 rings (SSSR count). The monoisotopic (exact) mass is 590 g/mol. The van der Waals surface area contributed by atoms with Crippen molar-refractivity contribution in [3.63, 3.8) is 0 Å². The molecule has 0 amide bonds. The maximum absolute atomic E-state index is 13.8. The van der Waals surface area contributed by atoms with E-state index in [1.54, 1.807) is 6.07 Å². The van der Waals surface area contributed by atoms with Crippen LogP contribution in [0.15, 0.2) is 47.4 Å². The van der Waals surface area contributed by atoms with Crippen molar-refractivity contribution in [1.82, 2.24) is 10.3 Å². The predicted molar refractivity (Wildman–Crippen MR) is 150 cm³/mol. The highest BCUT2D eigenvalue weighted by atomic mass is 32.2. The van der Waals surface area contributed by atoms with E-state index in [0.717, 1.165) is 76.7 Å². The molecule has 1 aromatic heterocycles. The minimum absolute atomic E-state index is 0.0231. The van der Waals surface area contributed by atoms with Crippen LogP contribution in [0.1, 0.15) is 53.6 Å². The van der Waals surface area contributed by atoms with E-state index in [-0.39, 0.29) is 21.7 Å². The smallest absolute Gasteiger partial charge is 0.416 e. The van der Waals surface area contributed by atoms with Gasteiger partial charge >= 0.3 is 12.1 Å². The van der Waals surface area contributed by atoms with Crippen LogP contribution in [0.3, 0.4) is 0 Å². The lowest BCUT2D eigenvalue weighted by atomic mass is 9.91. The Morgan fingerprint density at radius 3 is 2.41 bits per heavy atom. The van der Waals surface area contributed by atoms with Gasteiger partial charge in [-0.2, -0.15) is 13.2 Å². The van der Waals surface area contributed by atoms with Gasteiger partial charge in [-0.25, -0.2) is 18.2 Å². The first-order valence-electron chi connectivity index (χ1n) is 13.9. The number of piperidine rings is 2. The molecule has 41 heavy (non-hydrogen) atoms. The number of pyridine rings is 1. The SMILES string of the molecule is COC(=O)c1c(C[N+]2(C3CCNCC3)CCCCC2)c(-c2cccc(C(F)(F)F)c2)nc2ccc(S(C)(=O)=O)cc12. The van der Waals surface area contributed by atoms with Crippen molar-refractivity contribution in [1.29, 1.82) is 0 Å². The molecular formula is C30H35F3N3O4S+. The van der Waals surface area contributed by atoms with E-state index in [1.165, 1.54) is 31.4 Å². The topological polar surface area (TPSA) is 85.4 Å². The van der Waals surface area contributed by atoms with Crippen molar-refractivity contribution in [3.05, 3.63) is 59.2 Å². The number of aromatic nitrogens is 1. The van der Waals surface area contributed by atoms with E-state index in [0.29, 0.717) is 33.5 Å². The average Bonchev–Trinajstić information content (AvgIpc) is 2.96. The molecule has 3 heterocycles. The van der Waals surface area contributed by atoms with Gasteiger partial charge in [0.15, 0.2) is 9.84 Å². The van der Waals surface area contributed by atoms with Crippen LogP contribution in [-0.4, -0.2) is 69.4 Å². The maximum atomic E-state index is 13.8. The number of carbonyl (C=O) groups is 1. The van der Waals surface area contributed by atoms with Gasteiger partial charge in [-0.15, -0.1) is 0 Å². The minimum atomic E-state index is -4.56. The number of sulfone groups is 1. The molecular weight excluding hydrogens is 555 g/mol. The number of nitrogens with one attached hydrogen (secondary N) is 1. The number of hydrogen-bond acceptors (Lipinski definition) is 6. The molecule has 2 fully saturated rings. The number of likely N-dealkylation sites (tertiary alicyclic amines) is 1. The summed E-state index contributed by atoms with van der Waals surface area (Å²) >= 11 is 0. The summed E-state index contributed by atoms with van der Waals surface area (Å²) in [6, 6.07) is 9.63. The Kier molecular flexibility index (Phi) is 8.15. The second-order valence-electron chi connectivity index (χ2n) is 11.2. The van der Waals surface area contributed by atoms with Crippen molar-refractivity contribution in [2.45, 2.75) is 55.8 Å². The molecule has 0 saturated carbocycles. The number of quaternary nitrogens is 1. The molecule has 2 aliphatic rings. The summed E-state index contributed by atoms with van der Waals surface area (Å²) in [6.45, 7) is 3.90. The Labute approximate surface area is 238 Å². The number of methoxy groups -OCH3 is 1. The van der Waals surface area contributed by atoms with Crippen LogP contribution in [0.25, 0.3) is 22.2 Å². The normalized spacial score (nSPS) is 18.4. The van der Waals surface area contributed by atoms with E-state index in [4.69, 9.17) is 9.72 Å². The summed E-state index contributed by atoms with van der Waals surface area (Å²) in [4.78, 5) is 18.4. The van der Waals surface area contributed by atoms with Gasteiger partial charge in [-0.05, 0) is 49.6 Å². The second kappa shape index (κ2) is 11.3. The highest BCUT2D eigenvalue weighted by Gasteiger charge is 2.41. The zero-order valence-electron chi connectivity index (χ0n) is 23.3. The van der Waals surface area contributed by atoms with E-state index in [1.807, 2.05) is 0 Å². The lowest BCUT2D eigenvalue weighted by Gasteiger charge is -2.49. The van der Waals surface area contributed by atoms with Crippen LogP contribution in [0.2, 0.25) is 0 Å². The van der Waals surface area contributed by atoms with Gasteiger partial charge in [-0.3, -0.25) is 0 Å². The van der Waals surface area contributed by atoms with Gasteiger partial charge in [0.2, 0.25) is 0 Å². The van der Waals surface area contributed by atoms with E-state index >= 15 is 0 Å². The summed E-state index contributed by atoms with van der Waals surface area (Å²) in [7, 11) is -2.36. The Morgan fingerprint density at radius 1 is 1.07 bits per heavy atom. The fraction of sp³-hybridized carbons (Fsp3) is 0.467. The van der Waals surface area contributed by atoms with Crippen LogP contribution >= 0.6 is 0 Å². The Hall–Kier alpha value is -3.02. The number of rotatable bonds is 6. The molecule has 1 N–H and O–H groups in total. The molecule has 2 aromatic carbocycles. The number of carbonyl (C=O) groups excluding carboxylic acids is 1. The molecule has 3 aromatic rings. The summed E-state index contributed by atoms with van der Waals surface area (Å²) in [6.07, 6.45) is 1.55. The maximum Gasteiger partial charge on any atom is 0.416 e. The highest BCUT2D eigenvalue weighted by molar-refractivity contribution is 7.90. The van der Waals surface area contributed by atoms with E-state index in [9.17, 15) is 26.4 Å². The number of esters is 1. The first-order chi connectivity index (χ1) is 19.4. The Balaban J connectivity index is 1.82. The van der Waals surface area contributed by atoms with E-state index in [2.05, 4.69) is 5.32 Å². The molecule has 2 aliphatic heterocycles. The van der Waals surface area contributed by atoms with Gasteiger partial charge in [0.25, 0.3) is 0 Å². The molecule has 0 radical (unpaired) electrons. The molecule has 0 unspecified atom stereocenters. The zero-order valence-corrected chi connectivity index (χ0v) is 24.1. The van der Waals surface area contributed by atoms with Crippen LogP contribution < -0.4 is 5.32 Å². The number of alkyl halides is 3. The van der Waals surface area contributed by atoms with Crippen LogP contribution in [0.5, 0.6) is 0 Å². The van der Waals surface area contributed by atoms with Crippen molar-refractivity contribution < 1.29 is 35.6 Å². The fourth-order valence-corrected chi connectivity index (χ4v) is 7.19. The largest absolute Gasteiger partial charge is 0.465 e. The minimum Gasteiger partial charge on any atom is -0.465 e. The van der Waals surface area contributed by atoms with Gasteiger partial charge < -0.3 is 14.5 Å². The second-order valence-corrected chi connectivity index (χ2v) is 13.2. The lowest BCUT2D eigenvalue weighted by Crippen LogP contribution is -2.60. The van der Waals surface area contributed by atoms with Crippen LogP contribution in [0, 0.1) is 0 Å². The van der Waals surface area contributed by atoms with Crippen molar-refractivity contribution in [2.75, 3.05) is 39.5 Å². The third-order valence-corrected chi connectivity index (χ3v) is 9.71. The summed E-state index contributed by atoms with van der Waals surface area (Å²) in [5.41, 5.74) is 0.681. The quantitative estimate of drug-likeness (QED) is 0.307. The molecule has 0 bridgehead atoms. The van der Waals surface area contributed by atoms with E-state index < -0.39 is 27.5 Å². The van der Waals surface area contributed by atoms with Gasteiger partial charge in [-0.1, -0.05) is 12.1 Å². The molecule has 220 valence electrons. The standard InChI is InChI=1S/C30H35F3N3O4S/c1-40-29(37)27-24-18-23(41(2,38)39)9-10-26(24)35-28(20-7-6-8-21(17-20)30(31,32)33)25(27)19-36(15-4-3-5-16-36)22-11-13-34-14-12-22/h6-10,17-18,22,34H,3-5,11-16,19H2,1-2H3/q+1. The Bertz CT molecular complexity index is 1560. The highest BCUT2D eigenvalue weighted by Crippen LogP contribution is 2.39. The molecule has 11 heteroatoms. The number of fused-ring (bicyclic) bond motifs is 1. The first-order valence-corrected chi connectivity index (χ1v) is 15.8. The third-order valence-electron chi connectivity index (χ3n) is 8.60. The van der Waals surface area contributed by atoms with Gasteiger partial charge in [0.05, 0.1) is 53.5 Å². The molecule has 0 spiro atoms. The van der Waals surface area contributed by atoms with Crippen molar-refractivity contribution >= 4 is 26.7 Å². The molecule has 0 aliphatic carbocycles. The summed E-state index contributed by atoms with van der Waals surface area (Å²) in [5, 5.41) is 3.73. The van der Waals surface area contributed by atoms with Crippen molar-refractivity contribution in [2.24, 2.45) is 0 Å². The van der Waals surface area contributed by atoms with Crippen LogP contribution in [-0.2, 0) is 27.3 Å². The number of nitrogens with zero attached hydrogens (tertiary/aromatic N) is 2. The van der Waals surface area contributed by atoms with Gasteiger partial charge in [0.1, 0.15) is 6.54 Å². The Morgan fingerprint density at radius 2 is 1.78 bits per heavy atom. The molecule has 2 saturated heterocycles. The summed E-state index contributed by atoms with van der Waals surface area (Å²) < 4.78 is 72.2. The predicted octanol–water partition coefficient (Wildman–Crippen LogP) is 5.36.